The molecular weight excluding hydrogens is 426 g/mol. The molecule has 2 heterocycles. The van der Waals surface area contributed by atoms with Crippen molar-refractivity contribution in [3.8, 4) is 6.07 Å². The van der Waals surface area contributed by atoms with Crippen LogP contribution < -0.4 is 4.90 Å². The summed E-state index contributed by atoms with van der Waals surface area (Å²) >= 11 is 0. The van der Waals surface area contributed by atoms with E-state index >= 15 is 0 Å². The fraction of sp³-hybridized carbons (Fsp3) is 0.522. The molecule has 0 radical (unpaired) electrons. The molecule has 1 fully saturated rings. The van der Waals surface area contributed by atoms with Gasteiger partial charge in [-0.2, -0.15) is 9.57 Å². The van der Waals surface area contributed by atoms with E-state index in [1.165, 1.54) is 9.88 Å². The molecule has 2 aliphatic rings. The van der Waals surface area contributed by atoms with Crippen LogP contribution in [0.3, 0.4) is 0 Å². The van der Waals surface area contributed by atoms with Gasteiger partial charge in [-0.1, -0.05) is 37.1 Å². The number of hydrogen-bond donors (Lipinski definition) is 0. The number of piperazine rings is 1. The number of rotatable bonds is 8. The number of carbonyl (C=O) groups excluding carboxylic acids is 1. The Morgan fingerprint density at radius 3 is 2.66 bits per heavy atom. The number of pyridine rings is 1. The fourth-order valence-electron chi connectivity index (χ4n) is 4.05. The molecule has 32 heavy (non-hydrogen) atoms. The van der Waals surface area contributed by atoms with E-state index < -0.39 is 10.0 Å². The quantitative estimate of drug-likeness (QED) is 0.594. The van der Waals surface area contributed by atoms with Crippen molar-refractivity contribution < 1.29 is 13.2 Å². The van der Waals surface area contributed by atoms with Crippen molar-refractivity contribution in [3.05, 3.63) is 47.7 Å². The van der Waals surface area contributed by atoms with E-state index in [2.05, 4.69) is 24.1 Å². The van der Waals surface area contributed by atoms with Crippen LogP contribution in [-0.4, -0.2) is 73.5 Å². The number of carbonyl (C=O) groups is 1. The Hall–Kier alpha value is -2.70. The Morgan fingerprint density at radius 1 is 1.31 bits per heavy atom. The zero-order valence-corrected chi connectivity index (χ0v) is 19.6. The molecule has 9 heteroatoms. The Balaban J connectivity index is 1.60. The molecule has 0 saturated carbocycles. The van der Waals surface area contributed by atoms with Gasteiger partial charge in [0.25, 0.3) is 0 Å². The maximum Gasteiger partial charge on any atom is 0.238 e. The number of hydrogen-bond acceptors (Lipinski definition) is 6. The Bertz CT molecular complexity index is 1020. The van der Waals surface area contributed by atoms with E-state index in [0.29, 0.717) is 44.0 Å². The van der Waals surface area contributed by atoms with Crippen LogP contribution in [0.5, 0.6) is 0 Å². The van der Waals surface area contributed by atoms with Gasteiger partial charge < -0.3 is 9.80 Å². The monoisotopic (exact) mass is 457 g/mol. The Labute approximate surface area is 190 Å². The molecule has 1 atom stereocenters. The summed E-state index contributed by atoms with van der Waals surface area (Å²) in [6.07, 6.45) is 12.6. The molecule has 0 bridgehead atoms. The van der Waals surface area contributed by atoms with Gasteiger partial charge in [0.05, 0.1) is 18.4 Å². The number of sulfonamides is 1. The minimum atomic E-state index is -3.55. The highest BCUT2D eigenvalue weighted by Crippen LogP contribution is 2.22. The van der Waals surface area contributed by atoms with Crippen LogP contribution in [0.4, 0.5) is 5.82 Å². The first-order chi connectivity index (χ1) is 15.3. The second-order valence-corrected chi connectivity index (χ2v) is 10.1. The molecule has 1 aromatic rings. The van der Waals surface area contributed by atoms with Crippen molar-refractivity contribution in [2.75, 3.05) is 43.9 Å². The van der Waals surface area contributed by atoms with E-state index in [0.717, 1.165) is 25.5 Å². The lowest BCUT2D eigenvalue weighted by atomic mass is 9.99. The van der Waals surface area contributed by atoms with Gasteiger partial charge in [0, 0.05) is 38.4 Å². The number of aromatic nitrogens is 1. The van der Waals surface area contributed by atoms with E-state index in [9.17, 15) is 18.5 Å². The lowest BCUT2D eigenvalue weighted by Gasteiger charge is -2.37. The molecule has 1 aliphatic heterocycles. The highest BCUT2D eigenvalue weighted by molar-refractivity contribution is 7.88. The third-order valence-electron chi connectivity index (χ3n) is 5.90. The van der Waals surface area contributed by atoms with E-state index in [1.807, 2.05) is 17.1 Å². The van der Waals surface area contributed by atoms with E-state index in [1.54, 1.807) is 23.2 Å². The molecule has 8 nitrogen and oxygen atoms in total. The molecule has 172 valence electrons. The van der Waals surface area contributed by atoms with Crippen molar-refractivity contribution in [2.24, 2.45) is 0 Å². The summed E-state index contributed by atoms with van der Waals surface area (Å²) in [5.41, 5.74) is 1.73. The molecule has 1 unspecified atom stereocenters. The van der Waals surface area contributed by atoms with Crippen molar-refractivity contribution in [3.63, 3.8) is 0 Å². The van der Waals surface area contributed by atoms with Crippen molar-refractivity contribution in [1.82, 2.24) is 14.2 Å². The number of anilines is 1. The van der Waals surface area contributed by atoms with Crippen molar-refractivity contribution in [1.29, 1.82) is 5.26 Å². The molecule has 1 amide bonds. The largest absolute Gasteiger partial charge is 0.352 e. The topological polar surface area (TPSA) is 97.6 Å². The average Bonchev–Trinajstić information content (AvgIpc) is 2.81. The van der Waals surface area contributed by atoms with Crippen LogP contribution in [0.15, 0.2) is 42.1 Å². The van der Waals surface area contributed by atoms with Gasteiger partial charge in [0.1, 0.15) is 11.9 Å². The number of allylic oxidation sites excluding steroid dienone is 2. The highest BCUT2D eigenvalue weighted by atomic mass is 32.2. The van der Waals surface area contributed by atoms with Gasteiger partial charge in [-0.25, -0.2) is 13.4 Å². The first-order valence-electron chi connectivity index (χ1n) is 11.1. The third kappa shape index (κ3) is 5.96. The fourth-order valence-corrected chi connectivity index (χ4v) is 5.04. The van der Waals surface area contributed by atoms with E-state index in [4.69, 9.17) is 0 Å². The summed E-state index contributed by atoms with van der Waals surface area (Å²) in [6, 6.07) is 5.26. The summed E-state index contributed by atoms with van der Waals surface area (Å²) in [7, 11) is -3.55. The second-order valence-electron chi connectivity index (χ2n) is 8.21. The zero-order valence-electron chi connectivity index (χ0n) is 18.8. The average molecular weight is 458 g/mol. The Morgan fingerprint density at radius 2 is 2.06 bits per heavy atom. The molecule has 0 aromatic carbocycles. The van der Waals surface area contributed by atoms with Crippen molar-refractivity contribution in [2.45, 2.75) is 38.6 Å². The molecule has 1 saturated heterocycles. The summed E-state index contributed by atoms with van der Waals surface area (Å²) in [5.74, 6) is 0.420. The zero-order chi connectivity index (χ0) is 23.1. The summed E-state index contributed by atoms with van der Waals surface area (Å²) in [4.78, 5) is 21.0. The SMILES string of the molecule is CCCCC1=CCC(N(CC(=O)N2CCN(c3ncccc3C#N)CC2)S(C)(=O)=O)C=C1. The predicted molar refractivity (Wildman–Crippen MR) is 124 cm³/mol. The number of nitrogens with zero attached hydrogens (tertiary/aromatic N) is 5. The van der Waals surface area contributed by atoms with Gasteiger partial charge in [-0.15, -0.1) is 0 Å². The lowest BCUT2D eigenvalue weighted by molar-refractivity contribution is -0.131. The molecule has 1 aromatic heterocycles. The van der Waals surface area contributed by atoms with Crippen LogP contribution in [0, 0.1) is 11.3 Å². The summed E-state index contributed by atoms with van der Waals surface area (Å²) in [5, 5.41) is 9.29. The number of unbranched alkanes of at least 4 members (excludes halogenated alkanes) is 1. The summed E-state index contributed by atoms with van der Waals surface area (Å²) < 4.78 is 26.2. The van der Waals surface area contributed by atoms with Crippen molar-refractivity contribution >= 4 is 21.7 Å². The Kier molecular flexibility index (Phi) is 8.04. The standard InChI is InChI=1S/C23H31N5O3S/c1-3-4-6-19-8-10-21(11-9-19)28(32(2,30)31)18-22(29)26-13-15-27(16-14-26)23-20(17-24)7-5-12-25-23/h5,7-10,12,21H,3-4,6,11,13-16,18H2,1-2H3. The first-order valence-corrected chi connectivity index (χ1v) is 12.9. The smallest absolute Gasteiger partial charge is 0.238 e. The lowest BCUT2D eigenvalue weighted by Crippen LogP contribution is -2.53. The summed E-state index contributed by atoms with van der Waals surface area (Å²) in [6.45, 7) is 3.98. The number of nitriles is 1. The minimum absolute atomic E-state index is 0.168. The van der Waals surface area contributed by atoms with E-state index in [-0.39, 0.29) is 18.5 Å². The van der Waals surface area contributed by atoms with Crippen LogP contribution in [0.25, 0.3) is 0 Å². The molecular formula is C23H31N5O3S. The maximum absolute atomic E-state index is 13.0. The van der Waals surface area contributed by atoms with Crippen LogP contribution >= 0.6 is 0 Å². The van der Waals surface area contributed by atoms with Crippen LogP contribution in [0.2, 0.25) is 0 Å². The van der Waals surface area contributed by atoms with Gasteiger partial charge in [-0.3, -0.25) is 4.79 Å². The van der Waals surface area contributed by atoms with Gasteiger partial charge in [-0.05, 0) is 31.4 Å². The van der Waals surface area contributed by atoms with Gasteiger partial charge >= 0.3 is 0 Å². The second kappa shape index (κ2) is 10.7. The van der Waals surface area contributed by atoms with Crippen LogP contribution in [0.1, 0.15) is 38.2 Å². The molecule has 0 N–H and O–H groups in total. The minimum Gasteiger partial charge on any atom is -0.352 e. The normalized spacial score (nSPS) is 19.1. The third-order valence-corrected chi connectivity index (χ3v) is 7.15. The van der Waals surface area contributed by atoms with Gasteiger partial charge in [0.2, 0.25) is 15.9 Å². The first kappa shape index (κ1) is 24.0. The van der Waals surface area contributed by atoms with Crippen LogP contribution in [-0.2, 0) is 14.8 Å². The molecule has 3 rings (SSSR count). The maximum atomic E-state index is 13.0. The highest BCUT2D eigenvalue weighted by Gasteiger charge is 2.31. The van der Waals surface area contributed by atoms with Gasteiger partial charge in [0.15, 0.2) is 0 Å². The molecule has 1 aliphatic carbocycles. The molecule has 0 spiro atoms. The number of amides is 1. The predicted octanol–water partition coefficient (Wildman–Crippen LogP) is 2.31.